The number of hydrogen-bond donors (Lipinski definition) is 2. The number of sulfonamides is 1. The number of nitrogen functional groups attached to an aromatic ring is 1. The monoisotopic (exact) mass is 358 g/mol. The molecule has 7 heteroatoms. The second-order valence-corrected chi connectivity index (χ2v) is 6.76. The van der Waals surface area contributed by atoms with E-state index in [-0.39, 0.29) is 9.37 Å². The third-order valence-electron chi connectivity index (χ3n) is 2.71. The standard InChI is InChI=1S/C13H12BrFN2O2S/c1-8-6-10(3-4-12(8)16)17-20(18,19)13-5-2-9(15)7-11(13)14/h2-7,17H,16H2,1H3. The van der Waals surface area contributed by atoms with Crippen LogP contribution >= 0.6 is 15.9 Å². The lowest BCUT2D eigenvalue weighted by Crippen LogP contribution is -2.14. The highest BCUT2D eigenvalue weighted by atomic mass is 79.9. The third kappa shape index (κ3) is 3.10. The van der Waals surface area contributed by atoms with Crippen molar-refractivity contribution in [2.24, 2.45) is 0 Å². The van der Waals surface area contributed by atoms with Crippen molar-refractivity contribution in [1.29, 1.82) is 0 Å². The van der Waals surface area contributed by atoms with Gasteiger partial charge in [-0.2, -0.15) is 0 Å². The molecule has 0 radical (unpaired) electrons. The summed E-state index contributed by atoms with van der Waals surface area (Å²) in [4.78, 5) is -0.0339. The molecule has 2 aromatic carbocycles. The van der Waals surface area contributed by atoms with Crippen LogP contribution in [-0.4, -0.2) is 8.42 Å². The van der Waals surface area contributed by atoms with Crippen LogP contribution in [0.3, 0.4) is 0 Å². The van der Waals surface area contributed by atoms with Gasteiger partial charge in [-0.25, -0.2) is 12.8 Å². The van der Waals surface area contributed by atoms with Crippen molar-refractivity contribution in [2.75, 3.05) is 10.5 Å². The molecule has 0 aliphatic rings. The lowest BCUT2D eigenvalue weighted by molar-refractivity contribution is 0.599. The molecule has 0 atom stereocenters. The maximum absolute atomic E-state index is 13.0. The molecule has 0 fully saturated rings. The summed E-state index contributed by atoms with van der Waals surface area (Å²) in [5, 5.41) is 0. The van der Waals surface area contributed by atoms with E-state index in [0.717, 1.165) is 17.7 Å². The summed E-state index contributed by atoms with van der Waals surface area (Å²) in [5.74, 6) is -0.515. The van der Waals surface area contributed by atoms with Gasteiger partial charge >= 0.3 is 0 Å². The zero-order chi connectivity index (χ0) is 14.9. The highest BCUT2D eigenvalue weighted by Gasteiger charge is 2.18. The number of aryl methyl sites for hydroxylation is 1. The van der Waals surface area contributed by atoms with Crippen LogP contribution in [0.2, 0.25) is 0 Å². The van der Waals surface area contributed by atoms with E-state index in [1.54, 1.807) is 25.1 Å². The van der Waals surface area contributed by atoms with Crippen molar-refractivity contribution in [3.05, 3.63) is 52.3 Å². The van der Waals surface area contributed by atoms with E-state index < -0.39 is 15.8 Å². The van der Waals surface area contributed by atoms with Gasteiger partial charge in [-0.1, -0.05) is 0 Å². The first-order valence-electron chi connectivity index (χ1n) is 5.63. The van der Waals surface area contributed by atoms with Gasteiger partial charge in [0.15, 0.2) is 0 Å². The number of anilines is 2. The maximum Gasteiger partial charge on any atom is 0.263 e. The van der Waals surface area contributed by atoms with Crippen LogP contribution in [-0.2, 0) is 10.0 Å². The minimum Gasteiger partial charge on any atom is -0.399 e. The number of benzene rings is 2. The molecule has 0 aliphatic heterocycles. The molecular formula is C13H12BrFN2O2S. The SMILES string of the molecule is Cc1cc(NS(=O)(=O)c2ccc(F)cc2Br)ccc1N. The Kier molecular flexibility index (Phi) is 4.01. The number of nitrogens with two attached hydrogens (primary N) is 1. The first-order valence-corrected chi connectivity index (χ1v) is 7.91. The predicted octanol–water partition coefficient (Wildman–Crippen LogP) is 3.28. The molecule has 0 saturated carbocycles. The molecule has 4 nitrogen and oxygen atoms in total. The Morgan fingerprint density at radius 3 is 2.50 bits per heavy atom. The van der Waals surface area contributed by atoms with Crippen LogP contribution in [0, 0.1) is 12.7 Å². The van der Waals surface area contributed by atoms with Crippen molar-refractivity contribution in [3.63, 3.8) is 0 Å². The summed E-state index contributed by atoms with van der Waals surface area (Å²) in [6, 6.07) is 8.21. The van der Waals surface area contributed by atoms with Crippen molar-refractivity contribution in [2.45, 2.75) is 11.8 Å². The van der Waals surface area contributed by atoms with E-state index in [1.165, 1.54) is 6.07 Å². The van der Waals surface area contributed by atoms with Gasteiger partial charge in [0.1, 0.15) is 10.7 Å². The fraction of sp³-hybridized carbons (Fsp3) is 0.0769. The maximum atomic E-state index is 13.0. The first-order chi connectivity index (χ1) is 9.29. The van der Waals surface area contributed by atoms with Gasteiger partial charge in [0.2, 0.25) is 0 Å². The summed E-state index contributed by atoms with van der Waals surface area (Å²) in [6.45, 7) is 1.78. The van der Waals surface area contributed by atoms with E-state index >= 15 is 0 Å². The summed E-state index contributed by atoms with van der Waals surface area (Å²) < 4.78 is 40.1. The van der Waals surface area contributed by atoms with Crippen molar-refractivity contribution >= 4 is 37.3 Å². The van der Waals surface area contributed by atoms with Gasteiger partial charge < -0.3 is 5.73 Å². The Balaban J connectivity index is 2.38. The van der Waals surface area contributed by atoms with Gasteiger partial charge in [0, 0.05) is 15.8 Å². The number of halogens is 2. The van der Waals surface area contributed by atoms with Crippen LogP contribution in [0.5, 0.6) is 0 Å². The molecule has 0 saturated heterocycles. The lowest BCUT2D eigenvalue weighted by atomic mass is 10.2. The van der Waals surface area contributed by atoms with E-state index in [1.807, 2.05) is 0 Å². The van der Waals surface area contributed by atoms with Gasteiger partial charge in [0.25, 0.3) is 10.0 Å². The fourth-order valence-corrected chi connectivity index (χ4v) is 3.74. The molecule has 2 aromatic rings. The molecule has 0 bridgehead atoms. The Labute approximate surface area is 125 Å². The quantitative estimate of drug-likeness (QED) is 0.827. The topological polar surface area (TPSA) is 72.2 Å². The van der Waals surface area contributed by atoms with E-state index in [0.29, 0.717) is 11.4 Å². The number of rotatable bonds is 3. The largest absolute Gasteiger partial charge is 0.399 e. The van der Waals surface area contributed by atoms with Gasteiger partial charge in [-0.05, 0) is 64.8 Å². The second kappa shape index (κ2) is 5.41. The molecule has 2 rings (SSSR count). The van der Waals surface area contributed by atoms with E-state index in [2.05, 4.69) is 20.7 Å². The molecule has 0 unspecified atom stereocenters. The highest BCUT2D eigenvalue weighted by Crippen LogP contribution is 2.26. The molecule has 0 heterocycles. The van der Waals surface area contributed by atoms with Crippen molar-refractivity contribution in [3.8, 4) is 0 Å². The minimum absolute atomic E-state index is 0.0339. The van der Waals surface area contributed by atoms with E-state index in [4.69, 9.17) is 5.73 Å². The average molecular weight is 359 g/mol. The fourth-order valence-electron chi connectivity index (χ4n) is 1.64. The summed E-state index contributed by atoms with van der Waals surface area (Å²) in [5.41, 5.74) is 7.42. The van der Waals surface area contributed by atoms with Crippen molar-refractivity contribution in [1.82, 2.24) is 0 Å². The predicted molar refractivity (Wildman–Crippen MR) is 80.5 cm³/mol. The highest BCUT2D eigenvalue weighted by molar-refractivity contribution is 9.10. The molecule has 0 spiro atoms. The molecule has 0 aromatic heterocycles. The van der Waals surface area contributed by atoms with Crippen LogP contribution in [0.25, 0.3) is 0 Å². The summed E-state index contributed by atoms with van der Waals surface area (Å²) >= 11 is 3.04. The zero-order valence-electron chi connectivity index (χ0n) is 10.5. The Hall–Kier alpha value is -1.60. The van der Waals surface area contributed by atoms with Gasteiger partial charge in [-0.3, -0.25) is 4.72 Å². The Bertz CT molecular complexity index is 763. The summed E-state index contributed by atoms with van der Waals surface area (Å²) in [6.07, 6.45) is 0. The first kappa shape index (κ1) is 14.8. The molecule has 0 aliphatic carbocycles. The molecule has 0 amide bonds. The lowest BCUT2D eigenvalue weighted by Gasteiger charge is -2.11. The molecule has 20 heavy (non-hydrogen) atoms. The van der Waals surface area contributed by atoms with Crippen LogP contribution in [0.1, 0.15) is 5.56 Å². The second-order valence-electron chi connectivity index (χ2n) is 4.25. The number of nitrogens with one attached hydrogen (secondary N) is 1. The van der Waals surface area contributed by atoms with Crippen LogP contribution in [0.15, 0.2) is 45.8 Å². The smallest absolute Gasteiger partial charge is 0.263 e. The molecule has 106 valence electrons. The minimum atomic E-state index is -3.79. The zero-order valence-corrected chi connectivity index (χ0v) is 12.9. The average Bonchev–Trinajstić information content (AvgIpc) is 2.33. The Morgan fingerprint density at radius 2 is 1.90 bits per heavy atom. The Morgan fingerprint density at radius 1 is 1.20 bits per heavy atom. The normalized spacial score (nSPS) is 11.3. The van der Waals surface area contributed by atoms with Crippen molar-refractivity contribution < 1.29 is 12.8 Å². The van der Waals surface area contributed by atoms with E-state index in [9.17, 15) is 12.8 Å². The van der Waals surface area contributed by atoms with Crippen LogP contribution < -0.4 is 10.5 Å². The molecular weight excluding hydrogens is 347 g/mol. The van der Waals surface area contributed by atoms with Gasteiger partial charge in [-0.15, -0.1) is 0 Å². The third-order valence-corrected chi connectivity index (χ3v) is 5.06. The summed E-state index contributed by atoms with van der Waals surface area (Å²) in [7, 11) is -3.79. The van der Waals surface area contributed by atoms with Crippen LogP contribution in [0.4, 0.5) is 15.8 Å². The number of hydrogen-bond acceptors (Lipinski definition) is 3. The van der Waals surface area contributed by atoms with Gasteiger partial charge in [0.05, 0.1) is 0 Å². The molecule has 3 N–H and O–H groups in total.